The minimum atomic E-state index is -0.672. The topological polar surface area (TPSA) is 98.1 Å². The van der Waals surface area contributed by atoms with Crippen molar-refractivity contribution in [2.24, 2.45) is 5.92 Å². The summed E-state index contributed by atoms with van der Waals surface area (Å²) in [7, 11) is 0. The van der Waals surface area contributed by atoms with Gasteiger partial charge in [0.1, 0.15) is 28.4 Å². The van der Waals surface area contributed by atoms with Crippen LogP contribution in [0.4, 0.5) is 0 Å². The van der Waals surface area contributed by atoms with Gasteiger partial charge in [-0.2, -0.15) is 0 Å². The molecular formula is C24H26N2O6. The van der Waals surface area contributed by atoms with E-state index in [1.54, 1.807) is 36.9 Å². The van der Waals surface area contributed by atoms with Crippen LogP contribution in [0.5, 0.6) is 17.2 Å². The molecular weight excluding hydrogens is 412 g/mol. The van der Waals surface area contributed by atoms with E-state index in [0.717, 1.165) is 12.1 Å². The molecule has 0 unspecified atom stereocenters. The number of carbonyl (C=O) groups excluding carboxylic acids is 2. The van der Waals surface area contributed by atoms with Crippen LogP contribution in [-0.2, 0) is 11.3 Å². The Labute approximate surface area is 185 Å². The Kier molecular flexibility index (Phi) is 4.76. The number of fused-ring (bicyclic) bond motifs is 5. The zero-order valence-corrected chi connectivity index (χ0v) is 18.2. The van der Waals surface area contributed by atoms with Gasteiger partial charge in [0.2, 0.25) is 0 Å². The Balaban J connectivity index is 1.29. The fourth-order valence-corrected chi connectivity index (χ4v) is 5.17. The average Bonchev–Trinajstić information content (AvgIpc) is 2.71. The second-order valence-electron chi connectivity index (χ2n) is 9.56. The molecule has 32 heavy (non-hydrogen) atoms. The third kappa shape index (κ3) is 3.63. The highest BCUT2D eigenvalue weighted by atomic mass is 16.5. The van der Waals surface area contributed by atoms with Crippen molar-refractivity contribution in [3.05, 3.63) is 51.9 Å². The lowest BCUT2D eigenvalue weighted by molar-refractivity contribution is -0.136. The van der Waals surface area contributed by atoms with Gasteiger partial charge in [0.05, 0.1) is 6.42 Å². The summed E-state index contributed by atoms with van der Waals surface area (Å²) < 4.78 is 13.4. The molecule has 1 saturated heterocycles. The maximum atomic E-state index is 12.9. The maximum absolute atomic E-state index is 12.9. The molecule has 0 spiro atoms. The Morgan fingerprint density at radius 2 is 2.03 bits per heavy atom. The van der Waals surface area contributed by atoms with E-state index in [1.165, 1.54) is 6.07 Å². The van der Waals surface area contributed by atoms with Crippen LogP contribution in [0, 0.1) is 5.92 Å². The molecule has 4 heterocycles. The van der Waals surface area contributed by atoms with Gasteiger partial charge in [-0.05, 0) is 32.3 Å². The molecule has 2 bridgehead atoms. The zero-order valence-electron chi connectivity index (χ0n) is 18.2. The van der Waals surface area contributed by atoms with Gasteiger partial charge < -0.3 is 24.0 Å². The minimum Gasteiger partial charge on any atom is -0.507 e. The number of likely N-dealkylation sites (tertiary alicyclic amines) is 1. The van der Waals surface area contributed by atoms with E-state index >= 15 is 0 Å². The number of amides is 1. The number of carbonyl (C=O) groups is 2. The first kappa shape index (κ1) is 20.6. The van der Waals surface area contributed by atoms with E-state index < -0.39 is 5.60 Å². The molecule has 1 aromatic carbocycles. The average molecular weight is 438 g/mol. The maximum Gasteiger partial charge on any atom is 0.260 e. The van der Waals surface area contributed by atoms with Gasteiger partial charge in [0.25, 0.3) is 11.5 Å². The SMILES string of the molecule is CC1(C)CC(=O)c2c(O)cc(OCC(=O)N3C[C@H]4C[C@H](C3)c3cccc(=O)n3C4)cc2O1. The van der Waals surface area contributed by atoms with E-state index in [9.17, 15) is 19.5 Å². The molecule has 8 heteroatoms. The second-order valence-corrected chi connectivity index (χ2v) is 9.56. The Bertz CT molecular complexity index is 1170. The number of nitrogens with zero attached hydrogens (tertiary/aromatic N) is 2. The summed E-state index contributed by atoms with van der Waals surface area (Å²) in [5.74, 6) is 0.364. The molecule has 2 atom stereocenters. The quantitative estimate of drug-likeness (QED) is 0.790. The normalized spacial score (nSPS) is 23.1. The first-order valence-corrected chi connectivity index (χ1v) is 10.9. The van der Waals surface area contributed by atoms with Gasteiger partial charge in [0.15, 0.2) is 12.4 Å². The van der Waals surface area contributed by atoms with E-state index in [0.29, 0.717) is 19.6 Å². The first-order chi connectivity index (χ1) is 15.2. The number of hydrogen-bond donors (Lipinski definition) is 1. The summed E-state index contributed by atoms with van der Waals surface area (Å²) in [6.45, 7) is 5.18. The van der Waals surface area contributed by atoms with E-state index in [4.69, 9.17) is 9.47 Å². The van der Waals surface area contributed by atoms with Gasteiger partial charge in [0, 0.05) is 49.4 Å². The number of rotatable bonds is 3. The fourth-order valence-electron chi connectivity index (χ4n) is 5.17. The van der Waals surface area contributed by atoms with Gasteiger partial charge in [-0.1, -0.05) is 6.07 Å². The van der Waals surface area contributed by atoms with Crippen LogP contribution in [-0.4, -0.2) is 51.6 Å². The van der Waals surface area contributed by atoms with Gasteiger partial charge in [-0.25, -0.2) is 0 Å². The molecule has 0 saturated carbocycles. The van der Waals surface area contributed by atoms with Crippen molar-refractivity contribution in [1.82, 2.24) is 9.47 Å². The number of phenols is 1. The largest absolute Gasteiger partial charge is 0.507 e. The van der Waals surface area contributed by atoms with Crippen LogP contribution in [0.2, 0.25) is 0 Å². The number of aromatic nitrogens is 1. The molecule has 168 valence electrons. The predicted octanol–water partition coefficient (Wildman–Crippen LogP) is 2.32. The monoisotopic (exact) mass is 438 g/mol. The van der Waals surface area contributed by atoms with Crippen molar-refractivity contribution in [2.45, 2.75) is 44.8 Å². The van der Waals surface area contributed by atoms with Crippen molar-refractivity contribution >= 4 is 11.7 Å². The summed E-state index contributed by atoms with van der Waals surface area (Å²) in [4.78, 5) is 39.2. The van der Waals surface area contributed by atoms with Crippen LogP contribution < -0.4 is 15.0 Å². The minimum absolute atomic E-state index is 0.0106. The highest BCUT2D eigenvalue weighted by Crippen LogP contribution is 2.41. The second kappa shape index (κ2) is 7.39. The van der Waals surface area contributed by atoms with E-state index in [1.807, 2.05) is 10.6 Å². The smallest absolute Gasteiger partial charge is 0.260 e. The molecule has 1 N–H and O–H groups in total. The summed E-state index contributed by atoms with van der Waals surface area (Å²) in [6.07, 6.45) is 1.15. The highest BCUT2D eigenvalue weighted by Gasteiger charge is 2.37. The van der Waals surface area contributed by atoms with E-state index in [-0.39, 0.29) is 64.9 Å². The lowest BCUT2D eigenvalue weighted by Crippen LogP contribution is -2.50. The van der Waals surface area contributed by atoms with Crippen LogP contribution in [0.3, 0.4) is 0 Å². The molecule has 1 amide bonds. The molecule has 2 aromatic rings. The molecule has 0 aliphatic carbocycles. The predicted molar refractivity (Wildman–Crippen MR) is 115 cm³/mol. The number of ether oxygens (including phenoxy) is 2. The number of piperidine rings is 1. The summed E-state index contributed by atoms with van der Waals surface area (Å²) >= 11 is 0. The van der Waals surface area contributed by atoms with Gasteiger partial charge in [-0.3, -0.25) is 14.4 Å². The van der Waals surface area contributed by atoms with Gasteiger partial charge in [-0.15, -0.1) is 0 Å². The third-order valence-electron chi connectivity index (χ3n) is 6.50. The number of aromatic hydroxyl groups is 1. The van der Waals surface area contributed by atoms with Crippen molar-refractivity contribution in [3.8, 4) is 17.2 Å². The number of pyridine rings is 1. The lowest BCUT2D eigenvalue weighted by atomic mass is 9.83. The highest BCUT2D eigenvalue weighted by molar-refractivity contribution is 6.03. The molecule has 1 fully saturated rings. The van der Waals surface area contributed by atoms with E-state index in [2.05, 4.69) is 0 Å². The molecule has 3 aliphatic heterocycles. The standard InChI is InChI=1S/C24H26N2O6/c1-24(2)9-19(28)23-18(27)7-16(8-20(23)32-24)31-13-22(30)25-10-14-6-15(12-25)17-4-3-5-21(29)26(17)11-14/h3-5,7-8,14-15,27H,6,9-13H2,1-2H3/t14-,15-/m1/s1. The van der Waals surface area contributed by atoms with Crippen LogP contribution in [0.15, 0.2) is 35.1 Å². The number of phenolic OH excluding ortho intramolecular Hbond substituents is 1. The first-order valence-electron chi connectivity index (χ1n) is 10.9. The third-order valence-corrected chi connectivity index (χ3v) is 6.50. The van der Waals surface area contributed by atoms with Crippen molar-refractivity contribution in [3.63, 3.8) is 0 Å². The summed E-state index contributed by atoms with van der Waals surface area (Å²) in [6, 6.07) is 8.21. The Morgan fingerprint density at radius 1 is 1.22 bits per heavy atom. The summed E-state index contributed by atoms with van der Waals surface area (Å²) in [5, 5.41) is 10.3. The Morgan fingerprint density at radius 3 is 2.84 bits per heavy atom. The fraction of sp³-hybridized carbons (Fsp3) is 0.458. The van der Waals surface area contributed by atoms with Crippen LogP contribution in [0.1, 0.15) is 48.7 Å². The zero-order chi connectivity index (χ0) is 22.6. The molecule has 8 nitrogen and oxygen atoms in total. The molecule has 1 aromatic heterocycles. The van der Waals surface area contributed by atoms with Crippen LogP contribution in [0.25, 0.3) is 0 Å². The molecule has 3 aliphatic rings. The molecule has 0 radical (unpaired) electrons. The number of benzene rings is 1. The number of Topliss-reactive ketones (excluding diaryl/α,β-unsaturated/α-hetero) is 1. The summed E-state index contributed by atoms with van der Waals surface area (Å²) in [5.41, 5.74) is 0.475. The Hall–Kier alpha value is -3.29. The number of hydrogen-bond acceptors (Lipinski definition) is 6. The van der Waals surface area contributed by atoms with Gasteiger partial charge >= 0.3 is 0 Å². The molecule has 5 rings (SSSR count). The van der Waals surface area contributed by atoms with Crippen molar-refractivity contribution in [1.29, 1.82) is 0 Å². The van der Waals surface area contributed by atoms with Crippen molar-refractivity contribution < 1.29 is 24.2 Å². The van der Waals surface area contributed by atoms with Crippen LogP contribution >= 0.6 is 0 Å². The number of ketones is 1. The van der Waals surface area contributed by atoms with Crippen molar-refractivity contribution in [2.75, 3.05) is 19.7 Å². The lowest BCUT2D eigenvalue weighted by Gasteiger charge is -2.42.